The van der Waals surface area contributed by atoms with Crippen LogP contribution in [-0.2, 0) is 12.6 Å². The van der Waals surface area contributed by atoms with Crippen molar-refractivity contribution in [1.82, 2.24) is 9.88 Å². The summed E-state index contributed by atoms with van der Waals surface area (Å²) in [5.74, 6) is 0.999. The maximum atomic E-state index is 14.0. The van der Waals surface area contributed by atoms with Crippen LogP contribution in [0.3, 0.4) is 0 Å². The SMILES string of the molecule is Cc1cc(F)cc(C)c1Oc1ccc(C(C)(C)O)cc1-c1cn(C)c(=O)cc1OC1CCC(NC(=O)O)CC1. The van der Waals surface area contributed by atoms with Crippen LogP contribution in [0.4, 0.5) is 9.18 Å². The van der Waals surface area contributed by atoms with E-state index in [-0.39, 0.29) is 23.5 Å². The highest BCUT2D eigenvalue weighted by molar-refractivity contribution is 5.76. The third kappa shape index (κ3) is 6.60. The lowest BCUT2D eigenvalue weighted by molar-refractivity contribution is 0.0786. The number of ether oxygens (including phenoxy) is 2. The van der Waals surface area contributed by atoms with E-state index >= 15 is 0 Å². The quantitative estimate of drug-likeness (QED) is 0.352. The molecule has 208 valence electrons. The molecule has 1 heterocycles. The van der Waals surface area contributed by atoms with E-state index < -0.39 is 11.7 Å². The molecule has 0 bridgehead atoms. The summed E-state index contributed by atoms with van der Waals surface area (Å²) in [5.41, 5.74) is 1.71. The van der Waals surface area contributed by atoms with Crippen molar-refractivity contribution in [2.75, 3.05) is 0 Å². The van der Waals surface area contributed by atoms with Crippen LogP contribution in [-0.4, -0.2) is 33.0 Å². The number of pyridine rings is 1. The number of carboxylic acid groups (broad SMARTS) is 1. The normalized spacial score (nSPS) is 17.5. The average molecular weight is 539 g/mol. The Morgan fingerprint density at radius 3 is 2.26 bits per heavy atom. The second kappa shape index (κ2) is 11.1. The summed E-state index contributed by atoms with van der Waals surface area (Å²) in [6.07, 6.45) is 2.94. The molecule has 0 atom stereocenters. The van der Waals surface area contributed by atoms with Gasteiger partial charge >= 0.3 is 6.09 Å². The van der Waals surface area contributed by atoms with Gasteiger partial charge < -0.3 is 29.6 Å². The molecule has 8 nitrogen and oxygen atoms in total. The van der Waals surface area contributed by atoms with E-state index in [1.165, 1.54) is 22.8 Å². The van der Waals surface area contributed by atoms with Crippen LogP contribution in [0.25, 0.3) is 11.1 Å². The number of nitrogens with one attached hydrogen (secondary N) is 1. The van der Waals surface area contributed by atoms with Gasteiger partial charge in [-0.3, -0.25) is 4.79 Å². The number of hydrogen-bond acceptors (Lipinski definition) is 5. The summed E-state index contributed by atoms with van der Waals surface area (Å²) in [6.45, 7) is 6.91. The molecule has 1 fully saturated rings. The number of halogens is 1. The fraction of sp³-hybridized carbons (Fsp3) is 0.400. The summed E-state index contributed by atoms with van der Waals surface area (Å²) in [7, 11) is 1.65. The maximum Gasteiger partial charge on any atom is 0.404 e. The summed E-state index contributed by atoms with van der Waals surface area (Å²) >= 11 is 0. The highest BCUT2D eigenvalue weighted by Gasteiger charge is 2.26. The van der Waals surface area contributed by atoms with Gasteiger partial charge in [-0.1, -0.05) is 6.07 Å². The first-order valence-corrected chi connectivity index (χ1v) is 13.0. The van der Waals surface area contributed by atoms with Crippen molar-refractivity contribution in [3.8, 4) is 28.4 Å². The average Bonchev–Trinajstić information content (AvgIpc) is 2.84. The van der Waals surface area contributed by atoms with E-state index in [0.717, 1.165) is 0 Å². The molecule has 4 rings (SSSR count). The van der Waals surface area contributed by atoms with Crippen molar-refractivity contribution in [3.63, 3.8) is 0 Å². The maximum absolute atomic E-state index is 14.0. The van der Waals surface area contributed by atoms with Gasteiger partial charge in [0.05, 0.1) is 11.7 Å². The molecule has 3 aromatic rings. The van der Waals surface area contributed by atoms with Gasteiger partial charge in [-0.2, -0.15) is 0 Å². The Morgan fingerprint density at radius 1 is 1.03 bits per heavy atom. The van der Waals surface area contributed by atoms with Crippen LogP contribution in [0, 0.1) is 19.7 Å². The van der Waals surface area contributed by atoms with E-state index in [4.69, 9.17) is 14.6 Å². The molecule has 0 aliphatic heterocycles. The largest absolute Gasteiger partial charge is 0.490 e. The van der Waals surface area contributed by atoms with Gasteiger partial charge in [-0.25, -0.2) is 9.18 Å². The summed E-state index contributed by atoms with van der Waals surface area (Å²) in [4.78, 5) is 23.7. The summed E-state index contributed by atoms with van der Waals surface area (Å²) in [6, 6.07) is 9.45. The zero-order valence-corrected chi connectivity index (χ0v) is 22.9. The standard InChI is InChI=1S/C30H35FN2O6/c1-17-12-20(31)13-18(2)28(17)39-25-11-6-19(30(3,4)37)14-23(25)24-16-33(5)27(34)15-26(24)38-22-9-7-21(8-10-22)32-29(35)36/h6,11-16,21-22,32,37H,7-10H2,1-5H3,(H,35,36). The fourth-order valence-corrected chi connectivity index (χ4v) is 4.97. The fourth-order valence-electron chi connectivity index (χ4n) is 4.97. The van der Waals surface area contributed by atoms with Gasteiger partial charge in [0.15, 0.2) is 0 Å². The molecule has 2 aromatic carbocycles. The van der Waals surface area contributed by atoms with E-state index in [2.05, 4.69) is 5.32 Å². The van der Waals surface area contributed by atoms with Crippen LogP contribution in [0.5, 0.6) is 17.2 Å². The first kappa shape index (κ1) is 28.2. The second-order valence-corrected chi connectivity index (χ2v) is 10.8. The number of aliphatic hydroxyl groups is 1. The predicted octanol–water partition coefficient (Wildman–Crippen LogP) is 5.79. The molecule has 0 radical (unpaired) electrons. The molecular formula is C30H35FN2O6. The third-order valence-corrected chi connectivity index (χ3v) is 7.10. The van der Waals surface area contributed by atoms with Gasteiger partial charge in [0.2, 0.25) is 0 Å². The van der Waals surface area contributed by atoms with Crippen molar-refractivity contribution in [3.05, 3.63) is 75.5 Å². The number of rotatable bonds is 7. The Labute approximate surface area is 227 Å². The van der Waals surface area contributed by atoms with Crippen molar-refractivity contribution in [2.45, 2.75) is 71.1 Å². The van der Waals surface area contributed by atoms with Gasteiger partial charge in [-0.05, 0) is 94.3 Å². The van der Waals surface area contributed by atoms with Crippen LogP contribution in [0.15, 0.2) is 47.4 Å². The molecular weight excluding hydrogens is 503 g/mol. The zero-order valence-electron chi connectivity index (χ0n) is 22.9. The van der Waals surface area contributed by atoms with Crippen LogP contribution >= 0.6 is 0 Å². The molecule has 1 aliphatic rings. The Hall–Kier alpha value is -3.85. The minimum atomic E-state index is -1.15. The van der Waals surface area contributed by atoms with Crippen LogP contribution < -0.4 is 20.3 Å². The number of amides is 1. The monoisotopic (exact) mass is 538 g/mol. The Bertz CT molecular complexity index is 1410. The molecule has 1 amide bonds. The van der Waals surface area contributed by atoms with Gasteiger partial charge in [-0.15, -0.1) is 0 Å². The number of benzene rings is 2. The van der Waals surface area contributed by atoms with Gasteiger partial charge in [0, 0.05) is 36.5 Å². The number of nitrogens with zero attached hydrogens (tertiary/aromatic N) is 1. The summed E-state index contributed by atoms with van der Waals surface area (Å²) in [5, 5.41) is 22.3. The molecule has 0 spiro atoms. The van der Waals surface area contributed by atoms with Crippen molar-refractivity contribution in [2.24, 2.45) is 7.05 Å². The Morgan fingerprint density at radius 2 is 1.67 bits per heavy atom. The van der Waals surface area contributed by atoms with E-state index in [1.54, 1.807) is 53.1 Å². The lowest BCUT2D eigenvalue weighted by Crippen LogP contribution is -2.39. The van der Waals surface area contributed by atoms with E-state index in [0.29, 0.717) is 70.7 Å². The van der Waals surface area contributed by atoms with E-state index in [9.17, 15) is 19.1 Å². The molecule has 3 N–H and O–H groups in total. The van der Waals surface area contributed by atoms with Gasteiger partial charge in [0.1, 0.15) is 23.1 Å². The second-order valence-electron chi connectivity index (χ2n) is 10.8. The first-order valence-electron chi connectivity index (χ1n) is 13.0. The minimum absolute atomic E-state index is 0.129. The molecule has 1 aromatic heterocycles. The predicted molar refractivity (Wildman–Crippen MR) is 146 cm³/mol. The van der Waals surface area contributed by atoms with Crippen LogP contribution in [0.1, 0.15) is 56.2 Å². The lowest BCUT2D eigenvalue weighted by Gasteiger charge is -2.29. The molecule has 0 saturated heterocycles. The van der Waals surface area contributed by atoms with Crippen molar-refractivity contribution in [1.29, 1.82) is 0 Å². The molecule has 1 aliphatic carbocycles. The number of aryl methyl sites for hydroxylation is 3. The molecule has 0 unspecified atom stereocenters. The Kier molecular flexibility index (Phi) is 8.02. The number of hydrogen-bond donors (Lipinski definition) is 3. The van der Waals surface area contributed by atoms with Gasteiger partial charge in [0.25, 0.3) is 5.56 Å². The minimum Gasteiger partial charge on any atom is -0.490 e. The lowest BCUT2D eigenvalue weighted by atomic mass is 9.92. The van der Waals surface area contributed by atoms with Crippen molar-refractivity contribution < 1.29 is 28.9 Å². The highest BCUT2D eigenvalue weighted by atomic mass is 19.1. The van der Waals surface area contributed by atoms with Crippen LogP contribution in [0.2, 0.25) is 0 Å². The molecule has 9 heteroatoms. The smallest absolute Gasteiger partial charge is 0.404 e. The first-order chi connectivity index (χ1) is 18.3. The number of carbonyl (C=O) groups is 1. The third-order valence-electron chi connectivity index (χ3n) is 7.10. The number of aromatic nitrogens is 1. The van der Waals surface area contributed by atoms with Crippen molar-refractivity contribution >= 4 is 6.09 Å². The van der Waals surface area contributed by atoms with E-state index in [1.807, 2.05) is 6.07 Å². The highest BCUT2D eigenvalue weighted by Crippen LogP contribution is 2.42. The molecule has 1 saturated carbocycles. The Balaban J connectivity index is 1.77. The topological polar surface area (TPSA) is 110 Å². The zero-order chi connectivity index (χ0) is 28.5. The molecule has 39 heavy (non-hydrogen) atoms. The summed E-state index contributed by atoms with van der Waals surface area (Å²) < 4.78 is 28.1.